The van der Waals surface area contributed by atoms with E-state index in [0.29, 0.717) is 38.0 Å². The van der Waals surface area contributed by atoms with Gasteiger partial charge >= 0.3 is 0 Å². The fourth-order valence-electron chi connectivity index (χ4n) is 3.48. The number of aromatic amines is 1. The van der Waals surface area contributed by atoms with E-state index in [1.165, 1.54) is 11.8 Å². The number of benzene rings is 3. The normalized spacial score (nSPS) is 11.3. The SMILES string of the molecule is COc1ccc(Cl)c2c1[nH]c1nc(SCC(=O)Nc3cccc4ccccc34)nnc12. The highest BCUT2D eigenvalue weighted by Gasteiger charge is 2.16. The van der Waals surface area contributed by atoms with E-state index in [4.69, 9.17) is 16.3 Å². The molecule has 5 rings (SSSR count). The van der Waals surface area contributed by atoms with Gasteiger partial charge in [-0.25, -0.2) is 4.98 Å². The molecular formula is C22H16ClN5O2S. The Morgan fingerprint density at radius 1 is 1.13 bits per heavy atom. The van der Waals surface area contributed by atoms with Crippen LogP contribution >= 0.6 is 23.4 Å². The third-order valence-corrected chi connectivity index (χ3v) is 6.03. The molecule has 2 aromatic heterocycles. The van der Waals surface area contributed by atoms with Crippen LogP contribution in [0.2, 0.25) is 5.02 Å². The van der Waals surface area contributed by atoms with Crippen molar-refractivity contribution < 1.29 is 9.53 Å². The number of hydrogen-bond acceptors (Lipinski definition) is 6. The Bertz CT molecular complexity index is 1450. The topological polar surface area (TPSA) is 92.8 Å². The standard InChI is InChI=1S/C22H16ClN5O2S/c1-30-16-10-9-14(23)18-19(16)25-21-20(18)27-28-22(26-21)31-11-17(29)24-15-8-4-6-12-5-2-3-7-13(12)15/h2-10H,11H2,1H3,(H,24,29)(H,25,26,28). The van der Waals surface area contributed by atoms with Gasteiger partial charge < -0.3 is 15.0 Å². The lowest BCUT2D eigenvalue weighted by atomic mass is 10.1. The van der Waals surface area contributed by atoms with Crippen molar-refractivity contribution in [2.24, 2.45) is 0 Å². The number of anilines is 1. The molecule has 2 N–H and O–H groups in total. The maximum absolute atomic E-state index is 12.5. The van der Waals surface area contributed by atoms with Gasteiger partial charge in [-0.1, -0.05) is 59.8 Å². The van der Waals surface area contributed by atoms with Gasteiger partial charge in [-0.3, -0.25) is 4.79 Å². The van der Waals surface area contributed by atoms with Gasteiger partial charge in [0.25, 0.3) is 0 Å². The number of amides is 1. The van der Waals surface area contributed by atoms with Crippen LogP contribution in [0.15, 0.2) is 59.8 Å². The molecule has 154 valence electrons. The number of thioether (sulfide) groups is 1. The second-order valence-corrected chi connectivity index (χ2v) is 8.13. The zero-order valence-corrected chi connectivity index (χ0v) is 17.9. The smallest absolute Gasteiger partial charge is 0.234 e. The first-order valence-corrected chi connectivity index (χ1v) is 10.8. The Balaban J connectivity index is 1.36. The molecule has 0 aliphatic rings. The monoisotopic (exact) mass is 449 g/mol. The lowest BCUT2D eigenvalue weighted by Gasteiger charge is -2.08. The number of nitrogens with one attached hydrogen (secondary N) is 2. The number of H-pyrrole nitrogens is 1. The molecule has 1 amide bonds. The van der Waals surface area contributed by atoms with Crippen LogP contribution in [-0.4, -0.2) is 38.9 Å². The molecule has 0 bridgehead atoms. The van der Waals surface area contributed by atoms with Gasteiger partial charge in [0.1, 0.15) is 11.3 Å². The summed E-state index contributed by atoms with van der Waals surface area (Å²) < 4.78 is 5.38. The molecular weight excluding hydrogens is 434 g/mol. The highest BCUT2D eigenvalue weighted by Crippen LogP contribution is 2.35. The first kappa shape index (κ1) is 19.6. The lowest BCUT2D eigenvalue weighted by molar-refractivity contribution is -0.113. The molecule has 5 aromatic rings. The van der Waals surface area contributed by atoms with Gasteiger partial charge in [0.15, 0.2) is 5.65 Å². The zero-order chi connectivity index (χ0) is 21.4. The molecule has 0 saturated heterocycles. The van der Waals surface area contributed by atoms with Crippen LogP contribution < -0.4 is 10.1 Å². The average molecular weight is 450 g/mol. The molecule has 0 fully saturated rings. The Morgan fingerprint density at radius 3 is 2.84 bits per heavy atom. The summed E-state index contributed by atoms with van der Waals surface area (Å²) >= 11 is 7.55. The quantitative estimate of drug-likeness (QED) is 0.364. The van der Waals surface area contributed by atoms with E-state index in [0.717, 1.165) is 16.5 Å². The van der Waals surface area contributed by atoms with E-state index in [9.17, 15) is 4.79 Å². The Labute approximate surface area is 186 Å². The molecule has 3 aromatic carbocycles. The Hall–Kier alpha value is -3.36. The first-order chi connectivity index (χ1) is 15.1. The number of aromatic nitrogens is 4. The summed E-state index contributed by atoms with van der Waals surface area (Å²) in [6.45, 7) is 0. The summed E-state index contributed by atoms with van der Waals surface area (Å²) in [7, 11) is 1.59. The van der Waals surface area contributed by atoms with Crippen molar-refractivity contribution in [2.45, 2.75) is 5.16 Å². The predicted molar refractivity (Wildman–Crippen MR) is 124 cm³/mol. The molecule has 0 atom stereocenters. The molecule has 0 radical (unpaired) electrons. The number of carbonyl (C=O) groups is 1. The molecule has 0 spiro atoms. The number of carbonyl (C=O) groups excluding carboxylic acids is 1. The van der Waals surface area contributed by atoms with E-state index in [1.807, 2.05) is 42.5 Å². The van der Waals surface area contributed by atoms with Gasteiger partial charge in [-0.2, -0.15) is 0 Å². The van der Waals surface area contributed by atoms with E-state index in [-0.39, 0.29) is 11.7 Å². The van der Waals surface area contributed by atoms with Gasteiger partial charge in [-0.15, -0.1) is 10.2 Å². The number of methoxy groups -OCH3 is 1. The summed E-state index contributed by atoms with van der Waals surface area (Å²) in [5.74, 6) is 0.648. The molecule has 0 aliphatic heterocycles. The van der Waals surface area contributed by atoms with Crippen LogP contribution in [0.4, 0.5) is 5.69 Å². The predicted octanol–water partition coefficient (Wildman–Crippen LogP) is 5.05. The summed E-state index contributed by atoms with van der Waals surface area (Å²) in [6, 6.07) is 17.2. The second-order valence-electron chi connectivity index (χ2n) is 6.78. The van der Waals surface area contributed by atoms with Crippen LogP contribution in [0.5, 0.6) is 5.75 Å². The average Bonchev–Trinajstić information content (AvgIpc) is 3.18. The Morgan fingerprint density at radius 2 is 1.97 bits per heavy atom. The summed E-state index contributed by atoms with van der Waals surface area (Å²) in [5, 5.41) is 15.1. The fourth-order valence-corrected chi connectivity index (χ4v) is 4.31. The molecule has 0 aliphatic carbocycles. The van der Waals surface area contributed by atoms with Crippen LogP contribution in [0.1, 0.15) is 0 Å². The van der Waals surface area contributed by atoms with E-state index >= 15 is 0 Å². The molecule has 31 heavy (non-hydrogen) atoms. The van der Waals surface area contributed by atoms with Crippen molar-refractivity contribution in [1.29, 1.82) is 0 Å². The third kappa shape index (κ3) is 3.64. The third-order valence-electron chi connectivity index (χ3n) is 4.88. The second kappa shape index (κ2) is 8.05. The van der Waals surface area contributed by atoms with Crippen LogP contribution in [0, 0.1) is 0 Å². The van der Waals surface area contributed by atoms with E-state index < -0.39 is 0 Å². The van der Waals surface area contributed by atoms with Crippen molar-refractivity contribution in [1.82, 2.24) is 20.2 Å². The summed E-state index contributed by atoms with van der Waals surface area (Å²) in [4.78, 5) is 20.2. The Kier molecular flexibility index (Phi) is 5.09. The van der Waals surface area contributed by atoms with E-state index in [1.54, 1.807) is 19.2 Å². The van der Waals surface area contributed by atoms with E-state index in [2.05, 4.69) is 25.5 Å². The first-order valence-electron chi connectivity index (χ1n) is 9.43. The van der Waals surface area contributed by atoms with Crippen molar-refractivity contribution in [3.63, 3.8) is 0 Å². The van der Waals surface area contributed by atoms with Crippen LogP contribution in [0.3, 0.4) is 0 Å². The minimum absolute atomic E-state index is 0.147. The zero-order valence-electron chi connectivity index (χ0n) is 16.3. The van der Waals surface area contributed by atoms with Crippen LogP contribution in [0.25, 0.3) is 32.8 Å². The van der Waals surface area contributed by atoms with Crippen molar-refractivity contribution in [3.8, 4) is 5.75 Å². The maximum Gasteiger partial charge on any atom is 0.234 e. The molecule has 7 nitrogen and oxygen atoms in total. The fraction of sp³-hybridized carbons (Fsp3) is 0.0909. The minimum Gasteiger partial charge on any atom is -0.495 e. The summed E-state index contributed by atoms with van der Waals surface area (Å²) in [5.41, 5.74) is 2.58. The number of ether oxygens (including phenoxy) is 1. The van der Waals surface area contributed by atoms with Gasteiger partial charge in [0.2, 0.25) is 11.1 Å². The van der Waals surface area contributed by atoms with Crippen LogP contribution in [-0.2, 0) is 4.79 Å². The van der Waals surface area contributed by atoms with Gasteiger partial charge in [0, 0.05) is 11.1 Å². The number of rotatable bonds is 5. The van der Waals surface area contributed by atoms with Gasteiger partial charge in [0.05, 0.1) is 28.8 Å². The van der Waals surface area contributed by atoms with Crippen molar-refractivity contribution >= 4 is 67.8 Å². The molecule has 0 unspecified atom stereocenters. The minimum atomic E-state index is -0.147. The molecule has 0 saturated carbocycles. The number of halogens is 1. The largest absolute Gasteiger partial charge is 0.495 e. The number of nitrogens with zero attached hydrogens (tertiary/aromatic N) is 3. The number of hydrogen-bond donors (Lipinski definition) is 2. The lowest BCUT2D eigenvalue weighted by Crippen LogP contribution is -2.14. The van der Waals surface area contributed by atoms with Crippen molar-refractivity contribution in [3.05, 3.63) is 59.6 Å². The highest BCUT2D eigenvalue weighted by molar-refractivity contribution is 7.99. The van der Waals surface area contributed by atoms with Gasteiger partial charge in [-0.05, 0) is 23.6 Å². The molecule has 2 heterocycles. The highest BCUT2D eigenvalue weighted by atomic mass is 35.5. The molecule has 9 heteroatoms. The summed E-state index contributed by atoms with van der Waals surface area (Å²) in [6.07, 6.45) is 0. The number of fused-ring (bicyclic) bond motifs is 4. The maximum atomic E-state index is 12.5. The van der Waals surface area contributed by atoms with Crippen molar-refractivity contribution in [2.75, 3.05) is 18.2 Å².